The van der Waals surface area contributed by atoms with Crippen molar-refractivity contribution >= 4 is 5.97 Å². The molecule has 2 N–H and O–H groups in total. The first-order valence-corrected chi connectivity index (χ1v) is 6.88. The molecule has 2 heterocycles. The fourth-order valence-corrected chi connectivity index (χ4v) is 3.40. The number of hydrogen-bond donors (Lipinski definition) is 1. The number of hydrogen-bond acceptors (Lipinski definition) is 5. The van der Waals surface area contributed by atoms with Gasteiger partial charge in [0.15, 0.2) is 0 Å². The summed E-state index contributed by atoms with van der Waals surface area (Å²) in [6.45, 7) is 3.96. The highest BCUT2D eigenvalue weighted by molar-refractivity contribution is 5.75. The third-order valence-corrected chi connectivity index (χ3v) is 4.39. The van der Waals surface area contributed by atoms with Crippen LogP contribution in [-0.4, -0.2) is 68.2 Å². The quantitative estimate of drug-likeness (QED) is 0.714. The van der Waals surface area contributed by atoms with Crippen molar-refractivity contribution in [1.29, 1.82) is 0 Å². The topological polar surface area (TPSA) is 58.8 Å². The number of fused-ring (bicyclic) bond motifs is 1. The molecule has 0 aromatic carbocycles. The molecule has 5 heteroatoms. The third kappa shape index (κ3) is 3.02. The van der Waals surface area contributed by atoms with Crippen molar-refractivity contribution in [3.63, 3.8) is 0 Å². The Labute approximate surface area is 109 Å². The van der Waals surface area contributed by atoms with E-state index in [1.165, 1.54) is 32.9 Å². The molecule has 0 bridgehead atoms. The van der Waals surface area contributed by atoms with Gasteiger partial charge in [0.05, 0.1) is 7.11 Å². The Morgan fingerprint density at radius 2 is 2.22 bits per heavy atom. The van der Waals surface area contributed by atoms with Crippen LogP contribution in [0.5, 0.6) is 0 Å². The Hall–Kier alpha value is -0.650. The van der Waals surface area contributed by atoms with Crippen LogP contribution in [0.15, 0.2) is 0 Å². The lowest BCUT2D eigenvalue weighted by Gasteiger charge is -2.46. The van der Waals surface area contributed by atoms with Crippen LogP contribution in [-0.2, 0) is 9.53 Å². The molecule has 0 aliphatic carbocycles. The van der Waals surface area contributed by atoms with E-state index in [1.807, 2.05) is 0 Å². The van der Waals surface area contributed by atoms with Crippen molar-refractivity contribution in [3.05, 3.63) is 0 Å². The summed E-state index contributed by atoms with van der Waals surface area (Å²) in [6, 6.07) is 0.220. The SMILES string of the molecule is COC(=O)C(N)CN1CCC2C(CCCN2C)C1. The van der Waals surface area contributed by atoms with Crippen molar-refractivity contribution < 1.29 is 9.53 Å². The molecule has 2 saturated heterocycles. The molecule has 0 radical (unpaired) electrons. The van der Waals surface area contributed by atoms with Gasteiger partial charge in [-0.05, 0) is 45.3 Å². The Bertz CT molecular complexity index is 298. The molecular formula is C13H25N3O2. The average Bonchev–Trinajstić information content (AvgIpc) is 2.38. The van der Waals surface area contributed by atoms with Crippen LogP contribution < -0.4 is 5.73 Å². The molecule has 104 valence electrons. The predicted molar refractivity (Wildman–Crippen MR) is 70.2 cm³/mol. The first-order valence-electron chi connectivity index (χ1n) is 6.88. The van der Waals surface area contributed by atoms with Gasteiger partial charge in [0.2, 0.25) is 0 Å². The molecule has 3 atom stereocenters. The second-order valence-electron chi connectivity index (χ2n) is 5.63. The Morgan fingerprint density at radius 1 is 1.44 bits per heavy atom. The largest absolute Gasteiger partial charge is 0.468 e. The molecule has 0 saturated carbocycles. The summed E-state index contributed by atoms with van der Waals surface area (Å²) in [5.41, 5.74) is 5.83. The number of rotatable bonds is 3. The molecule has 2 rings (SSSR count). The molecule has 2 fully saturated rings. The van der Waals surface area contributed by atoms with E-state index in [4.69, 9.17) is 5.73 Å². The first kappa shape index (κ1) is 13.8. The summed E-state index contributed by atoms with van der Waals surface area (Å²) in [6.07, 6.45) is 3.78. The van der Waals surface area contributed by atoms with E-state index in [9.17, 15) is 4.79 Å². The lowest BCUT2D eigenvalue weighted by Crippen LogP contribution is -2.55. The zero-order chi connectivity index (χ0) is 13.1. The number of likely N-dealkylation sites (tertiary alicyclic amines) is 2. The Balaban J connectivity index is 1.85. The van der Waals surface area contributed by atoms with Crippen LogP contribution in [0.25, 0.3) is 0 Å². The highest BCUT2D eigenvalue weighted by atomic mass is 16.5. The molecule has 5 nitrogen and oxygen atoms in total. The number of piperidine rings is 2. The van der Waals surface area contributed by atoms with Crippen molar-refractivity contribution in [2.75, 3.05) is 40.3 Å². The van der Waals surface area contributed by atoms with E-state index in [-0.39, 0.29) is 5.97 Å². The number of nitrogens with two attached hydrogens (primary N) is 1. The standard InChI is InChI=1S/C13H25N3O2/c1-15-6-3-4-10-8-16(7-5-12(10)15)9-11(14)13(17)18-2/h10-12H,3-9,14H2,1-2H3. The number of carbonyl (C=O) groups is 1. The van der Waals surface area contributed by atoms with Gasteiger partial charge in [-0.1, -0.05) is 0 Å². The minimum absolute atomic E-state index is 0.308. The van der Waals surface area contributed by atoms with E-state index in [0.29, 0.717) is 6.54 Å². The first-order chi connectivity index (χ1) is 8.61. The van der Waals surface area contributed by atoms with E-state index in [0.717, 1.165) is 25.0 Å². The molecule has 0 aromatic heterocycles. The summed E-state index contributed by atoms with van der Waals surface area (Å²) in [5, 5.41) is 0. The second kappa shape index (κ2) is 5.99. The number of nitrogens with zero attached hydrogens (tertiary/aromatic N) is 2. The van der Waals surface area contributed by atoms with Crippen molar-refractivity contribution in [1.82, 2.24) is 9.80 Å². The van der Waals surface area contributed by atoms with Crippen LogP contribution in [0.3, 0.4) is 0 Å². The summed E-state index contributed by atoms with van der Waals surface area (Å²) in [7, 11) is 3.62. The Morgan fingerprint density at radius 3 is 2.94 bits per heavy atom. The van der Waals surface area contributed by atoms with Crippen molar-refractivity contribution in [2.45, 2.75) is 31.3 Å². The number of carbonyl (C=O) groups excluding carboxylic acids is 1. The number of methoxy groups -OCH3 is 1. The smallest absolute Gasteiger partial charge is 0.323 e. The van der Waals surface area contributed by atoms with Crippen molar-refractivity contribution in [2.24, 2.45) is 11.7 Å². The van der Waals surface area contributed by atoms with Gasteiger partial charge in [0, 0.05) is 19.1 Å². The van der Waals surface area contributed by atoms with Gasteiger partial charge in [-0.2, -0.15) is 0 Å². The highest BCUT2D eigenvalue weighted by Crippen LogP contribution is 2.29. The average molecular weight is 255 g/mol. The van der Waals surface area contributed by atoms with Crippen LogP contribution >= 0.6 is 0 Å². The monoisotopic (exact) mass is 255 g/mol. The molecule has 0 aromatic rings. The van der Waals surface area contributed by atoms with E-state index in [1.54, 1.807) is 0 Å². The van der Waals surface area contributed by atoms with Gasteiger partial charge in [0.1, 0.15) is 6.04 Å². The van der Waals surface area contributed by atoms with E-state index in [2.05, 4.69) is 21.6 Å². The number of ether oxygens (including phenoxy) is 1. The molecule has 0 amide bonds. The van der Waals surface area contributed by atoms with E-state index >= 15 is 0 Å². The molecular weight excluding hydrogens is 230 g/mol. The maximum atomic E-state index is 11.3. The molecule has 0 spiro atoms. The van der Waals surface area contributed by atoms with Gasteiger partial charge >= 0.3 is 5.97 Å². The van der Waals surface area contributed by atoms with Crippen molar-refractivity contribution in [3.8, 4) is 0 Å². The molecule has 18 heavy (non-hydrogen) atoms. The molecule has 2 aliphatic rings. The second-order valence-corrected chi connectivity index (χ2v) is 5.63. The van der Waals surface area contributed by atoms with Gasteiger partial charge in [-0.25, -0.2) is 0 Å². The summed E-state index contributed by atoms with van der Waals surface area (Å²) in [5.74, 6) is 0.431. The lowest BCUT2D eigenvalue weighted by atomic mass is 9.84. The molecule has 2 aliphatic heterocycles. The zero-order valence-electron chi connectivity index (χ0n) is 11.5. The summed E-state index contributed by atoms with van der Waals surface area (Å²) in [4.78, 5) is 16.2. The highest BCUT2D eigenvalue weighted by Gasteiger charge is 2.34. The minimum Gasteiger partial charge on any atom is -0.468 e. The third-order valence-electron chi connectivity index (χ3n) is 4.39. The van der Waals surface area contributed by atoms with Crippen LogP contribution in [0.4, 0.5) is 0 Å². The van der Waals surface area contributed by atoms with Crippen LogP contribution in [0.2, 0.25) is 0 Å². The van der Waals surface area contributed by atoms with Crippen LogP contribution in [0.1, 0.15) is 19.3 Å². The maximum Gasteiger partial charge on any atom is 0.323 e. The minimum atomic E-state index is -0.507. The van der Waals surface area contributed by atoms with E-state index < -0.39 is 6.04 Å². The molecule has 3 unspecified atom stereocenters. The zero-order valence-corrected chi connectivity index (χ0v) is 11.5. The van der Waals surface area contributed by atoms with Gasteiger partial charge in [-0.3, -0.25) is 4.79 Å². The summed E-state index contributed by atoms with van der Waals surface area (Å²) >= 11 is 0. The van der Waals surface area contributed by atoms with Gasteiger partial charge in [-0.15, -0.1) is 0 Å². The van der Waals surface area contributed by atoms with Gasteiger partial charge < -0.3 is 20.3 Å². The lowest BCUT2D eigenvalue weighted by molar-refractivity contribution is -0.142. The predicted octanol–water partition coefficient (Wildman–Crippen LogP) is -0.0972. The van der Waals surface area contributed by atoms with Crippen LogP contribution in [0, 0.1) is 5.92 Å². The number of esters is 1. The maximum absolute atomic E-state index is 11.3. The fraction of sp³-hybridized carbons (Fsp3) is 0.923. The fourth-order valence-electron chi connectivity index (χ4n) is 3.40. The Kier molecular flexibility index (Phi) is 4.59. The summed E-state index contributed by atoms with van der Waals surface area (Å²) < 4.78 is 4.68. The van der Waals surface area contributed by atoms with Gasteiger partial charge in [0.25, 0.3) is 0 Å². The normalized spacial score (nSPS) is 31.7.